The molecule has 1 N–H and O–H groups in total. The predicted molar refractivity (Wildman–Crippen MR) is 68.6 cm³/mol. The highest BCUT2D eigenvalue weighted by Gasteiger charge is 2.18. The predicted octanol–water partition coefficient (Wildman–Crippen LogP) is 3.63. The Morgan fingerprint density at radius 1 is 1.44 bits per heavy atom. The Morgan fingerprint density at radius 3 is 3.06 bits per heavy atom. The third kappa shape index (κ3) is 3.22. The molecule has 0 radical (unpaired) electrons. The van der Waals surface area contributed by atoms with Crippen LogP contribution in [0.1, 0.15) is 38.2 Å². The Bertz CT molecular complexity index is 335. The van der Waals surface area contributed by atoms with E-state index in [1.54, 1.807) is 0 Å². The molecule has 1 saturated carbocycles. The number of hydrogen-bond acceptors (Lipinski definition) is 2. The van der Waals surface area contributed by atoms with Gasteiger partial charge in [0.15, 0.2) is 0 Å². The van der Waals surface area contributed by atoms with E-state index < -0.39 is 0 Å². The maximum atomic E-state index is 4.33. The van der Waals surface area contributed by atoms with E-state index in [0.717, 1.165) is 24.2 Å². The number of hydrogen-bond donors (Lipinski definition) is 1. The van der Waals surface area contributed by atoms with Gasteiger partial charge in [0.05, 0.1) is 0 Å². The van der Waals surface area contributed by atoms with E-state index in [2.05, 4.69) is 30.2 Å². The van der Waals surface area contributed by atoms with Crippen molar-refractivity contribution >= 4 is 5.82 Å². The van der Waals surface area contributed by atoms with Gasteiger partial charge in [-0.1, -0.05) is 19.8 Å². The van der Waals surface area contributed by atoms with Gasteiger partial charge in [0.2, 0.25) is 0 Å². The number of pyridine rings is 1. The molecule has 0 bridgehead atoms. The molecule has 0 aliphatic heterocycles. The quantitative estimate of drug-likeness (QED) is 0.838. The summed E-state index contributed by atoms with van der Waals surface area (Å²) >= 11 is 0. The molecule has 1 heterocycles. The molecule has 1 fully saturated rings. The van der Waals surface area contributed by atoms with Crippen molar-refractivity contribution in [1.82, 2.24) is 4.98 Å². The number of nitrogens with zero attached hydrogens (tertiary/aromatic N) is 1. The third-order valence-corrected chi connectivity index (χ3v) is 3.53. The highest BCUT2D eigenvalue weighted by Crippen LogP contribution is 2.28. The number of anilines is 1. The average Bonchev–Trinajstić information content (AvgIpc) is 2.27. The normalized spacial score (nSPS) is 25.4. The van der Waals surface area contributed by atoms with E-state index in [4.69, 9.17) is 0 Å². The van der Waals surface area contributed by atoms with Crippen LogP contribution >= 0.6 is 0 Å². The summed E-state index contributed by atoms with van der Waals surface area (Å²) in [6, 6.07) is 4.15. The Balaban J connectivity index is 1.82. The van der Waals surface area contributed by atoms with Gasteiger partial charge in [-0.3, -0.25) is 0 Å². The lowest BCUT2D eigenvalue weighted by atomic mass is 9.82. The number of nitrogens with one attached hydrogen (secondary N) is 1. The van der Waals surface area contributed by atoms with Gasteiger partial charge in [0.25, 0.3) is 0 Å². The molecule has 0 spiro atoms. The molecule has 1 aromatic heterocycles. The van der Waals surface area contributed by atoms with Crippen LogP contribution in [0, 0.1) is 18.8 Å². The third-order valence-electron chi connectivity index (χ3n) is 3.53. The van der Waals surface area contributed by atoms with Crippen LogP contribution in [0.2, 0.25) is 0 Å². The molecule has 0 saturated heterocycles. The maximum absolute atomic E-state index is 4.33. The van der Waals surface area contributed by atoms with Crippen molar-refractivity contribution in [2.45, 2.75) is 39.5 Å². The first-order chi connectivity index (χ1) is 7.74. The maximum Gasteiger partial charge on any atom is 0.126 e. The molecule has 0 aromatic carbocycles. The molecule has 1 aliphatic carbocycles. The van der Waals surface area contributed by atoms with Gasteiger partial charge in [-0.25, -0.2) is 4.98 Å². The number of rotatable bonds is 3. The fraction of sp³-hybridized carbons (Fsp3) is 0.643. The minimum atomic E-state index is 0.839. The molecule has 88 valence electrons. The monoisotopic (exact) mass is 218 g/mol. The second-order valence-electron chi connectivity index (χ2n) is 5.24. The lowest BCUT2D eigenvalue weighted by Gasteiger charge is -2.26. The lowest BCUT2D eigenvalue weighted by Crippen LogP contribution is -2.21. The van der Waals surface area contributed by atoms with E-state index in [9.17, 15) is 0 Å². The smallest absolute Gasteiger partial charge is 0.126 e. The SMILES string of the molecule is Cc1ccnc(NCC2CCCC(C)C2)c1. The zero-order chi connectivity index (χ0) is 11.4. The summed E-state index contributed by atoms with van der Waals surface area (Å²) in [5.41, 5.74) is 1.27. The summed E-state index contributed by atoms with van der Waals surface area (Å²) in [6.07, 6.45) is 7.44. The van der Waals surface area contributed by atoms with Gasteiger partial charge < -0.3 is 5.32 Å². The van der Waals surface area contributed by atoms with E-state index >= 15 is 0 Å². The number of aromatic nitrogens is 1. The molecule has 2 heteroatoms. The summed E-state index contributed by atoms with van der Waals surface area (Å²) in [7, 11) is 0. The molecule has 2 rings (SSSR count). The Morgan fingerprint density at radius 2 is 2.31 bits per heavy atom. The van der Waals surface area contributed by atoms with Crippen LogP contribution in [0.25, 0.3) is 0 Å². The minimum Gasteiger partial charge on any atom is -0.370 e. The van der Waals surface area contributed by atoms with Crippen molar-refractivity contribution in [3.8, 4) is 0 Å². The lowest BCUT2D eigenvalue weighted by molar-refractivity contribution is 0.293. The summed E-state index contributed by atoms with van der Waals surface area (Å²) in [5.74, 6) is 2.77. The average molecular weight is 218 g/mol. The fourth-order valence-corrected chi connectivity index (χ4v) is 2.63. The van der Waals surface area contributed by atoms with Gasteiger partial charge in [-0.05, 0) is 49.3 Å². The summed E-state index contributed by atoms with van der Waals surface area (Å²) in [5, 5.41) is 3.46. The Kier molecular flexibility index (Phi) is 3.81. The summed E-state index contributed by atoms with van der Waals surface area (Å²) in [4.78, 5) is 4.33. The number of aryl methyl sites for hydroxylation is 1. The zero-order valence-electron chi connectivity index (χ0n) is 10.4. The van der Waals surface area contributed by atoms with Crippen molar-refractivity contribution in [2.75, 3.05) is 11.9 Å². The van der Waals surface area contributed by atoms with Gasteiger partial charge in [0.1, 0.15) is 5.82 Å². The highest BCUT2D eigenvalue weighted by atomic mass is 15.0. The van der Waals surface area contributed by atoms with Gasteiger partial charge in [0, 0.05) is 12.7 Å². The fourth-order valence-electron chi connectivity index (χ4n) is 2.63. The Hall–Kier alpha value is -1.05. The molecule has 1 aromatic rings. The van der Waals surface area contributed by atoms with E-state index in [1.165, 1.54) is 31.2 Å². The van der Waals surface area contributed by atoms with Crippen LogP contribution < -0.4 is 5.32 Å². The van der Waals surface area contributed by atoms with Crippen LogP contribution in [0.4, 0.5) is 5.82 Å². The van der Waals surface area contributed by atoms with Crippen LogP contribution in [-0.2, 0) is 0 Å². The molecular weight excluding hydrogens is 196 g/mol. The van der Waals surface area contributed by atoms with Crippen molar-refractivity contribution in [3.63, 3.8) is 0 Å². The van der Waals surface area contributed by atoms with Crippen molar-refractivity contribution < 1.29 is 0 Å². The summed E-state index contributed by atoms with van der Waals surface area (Å²) in [6.45, 7) is 5.56. The van der Waals surface area contributed by atoms with Crippen LogP contribution in [-0.4, -0.2) is 11.5 Å². The molecule has 2 unspecified atom stereocenters. The molecule has 1 aliphatic rings. The largest absolute Gasteiger partial charge is 0.370 e. The topological polar surface area (TPSA) is 24.9 Å². The summed E-state index contributed by atoms with van der Waals surface area (Å²) < 4.78 is 0. The van der Waals surface area contributed by atoms with E-state index in [1.807, 2.05) is 12.3 Å². The molecule has 2 nitrogen and oxygen atoms in total. The van der Waals surface area contributed by atoms with Crippen LogP contribution in [0.5, 0.6) is 0 Å². The van der Waals surface area contributed by atoms with Gasteiger partial charge >= 0.3 is 0 Å². The second kappa shape index (κ2) is 5.33. The van der Waals surface area contributed by atoms with Crippen molar-refractivity contribution in [2.24, 2.45) is 11.8 Å². The van der Waals surface area contributed by atoms with Gasteiger partial charge in [-0.2, -0.15) is 0 Å². The molecule has 16 heavy (non-hydrogen) atoms. The van der Waals surface area contributed by atoms with E-state index in [0.29, 0.717) is 0 Å². The van der Waals surface area contributed by atoms with E-state index in [-0.39, 0.29) is 0 Å². The first kappa shape index (κ1) is 11.4. The highest BCUT2D eigenvalue weighted by molar-refractivity contribution is 5.36. The molecule has 2 atom stereocenters. The minimum absolute atomic E-state index is 0.839. The molecular formula is C14H22N2. The van der Waals surface area contributed by atoms with Crippen molar-refractivity contribution in [3.05, 3.63) is 23.9 Å². The van der Waals surface area contributed by atoms with Crippen LogP contribution in [0.3, 0.4) is 0 Å². The first-order valence-corrected chi connectivity index (χ1v) is 6.40. The van der Waals surface area contributed by atoms with Crippen molar-refractivity contribution in [1.29, 1.82) is 0 Å². The standard InChI is InChI=1S/C14H22N2/c1-11-4-3-5-13(8-11)10-16-14-9-12(2)6-7-15-14/h6-7,9,11,13H,3-5,8,10H2,1-2H3,(H,15,16). The first-order valence-electron chi connectivity index (χ1n) is 6.40. The second-order valence-corrected chi connectivity index (χ2v) is 5.24. The molecule has 0 amide bonds. The zero-order valence-corrected chi connectivity index (χ0v) is 10.4. The van der Waals surface area contributed by atoms with Crippen LogP contribution in [0.15, 0.2) is 18.3 Å². The Labute approximate surface area is 98.5 Å². The van der Waals surface area contributed by atoms with Gasteiger partial charge in [-0.15, -0.1) is 0 Å².